The van der Waals surface area contributed by atoms with Crippen LogP contribution in [0.15, 0.2) is 28.7 Å². The molecule has 29 heavy (non-hydrogen) atoms. The number of aromatic nitrogens is 2. The van der Waals surface area contributed by atoms with Gasteiger partial charge in [0.05, 0.1) is 17.3 Å². The molecule has 0 aliphatic carbocycles. The van der Waals surface area contributed by atoms with Crippen molar-refractivity contribution in [2.45, 2.75) is 25.8 Å². The van der Waals surface area contributed by atoms with Crippen molar-refractivity contribution < 1.29 is 9.52 Å². The van der Waals surface area contributed by atoms with Crippen LogP contribution in [0.25, 0.3) is 22.5 Å². The molecule has 1 N–H and O–H groups in total. The molecule has 2 atom stereocenters. The predicted molar refractivity (Wildman–Crippen MR) is 110 cm³/mol. The smallest absolute Gasteiger partial charge is 0.300 e. The molecule has 0 amide bonds. The molecule has 2 aromatic heterocycles. The van der Waals surface area contributed by atoms with Crippen LogP contribution in [0.3, 0.4) is 0 Å². The van der Waals surface area contributed by atoms with Gasteiger partial charge in [0, 0.05) is 24.7 Å². The van der Waals surface area contributed by atoms with Crippen molar-refractivity contribution in [3.63, 3.8) is 0 Å². The number of nitrogens with zero attached hydrogens (tertiary/aromatic N) is 5. The lowest BCUT2D eigenvalue weighted by molar-refractivity contribution is 0.206. The molecule has 0 bridgehead atoms. The fourth-order valence-corrected chi connectivity index (χ4v) is 4.77. The first kappa shape index (κ1) is 18.0. The molecule has 0 radical (unpaired) electrons. The number of aryl methyl sites for hydroxylation is 1. The molecule has 4 heterocycles. The molecule has 7 nitrogen and oxygen atoms in total. The number of hydrogen-bond acceptors (Lipinski definition) is 7. The fraction of sp³-hybridized carbons (Fsp3) is 0.409. The highest BCUT2D eigenvalue weighted by Gasteiger charge is 2.39. The van der Waals surface area contributed by atoms with E-state index < -0.39 is 0 Å². The third kappa shape index (κ3) is 3.00. The number of fused-ring (bicyclic) bond motifs is 2. The highest BCUT2D eigenvalue weighted by Crippen LogP contribution is 2.37. The van der Waals surface area contributed by atoms with Gasteiger partial charge in [0.1, 0.15) is 5.75 Å². The van der Waals surface area contributed by atoms with Crippen molar-refractivity contribution >= 4 is 17.2 Å². The maximum atomic E-state index is 10.4. The Hall–Kier alpha value is -3.11. The number of oxazole rings is 1. The van der Waals surface area contributed by atoms with Gasteiger partial charge >= 0.3 is 0 Å². The van der Waals surface area contributed by atoms with Gasteiger partial charge in [-0.1, -0.05) is 0 Å². The van der Waals surface area contributed by atoms with Gasteiger partial charge in [-0.05, 0) is 69.1 Å². The van der Waals surface area contributed by atoms with E-state index in [0.29, 0.717) is 46.0 Å². The number of rotatable bonds is 2. The van der Waals surface area contributed by atoms with Gasteiger partial charge in [0.25, 0.3) is 6.01 Å². The van der Waals surface area contributed by atoms with Crippen molar-refractivity contribution in [1.29, 1.82) is 5.26 Å². The fourth-order valence-electron chi connectivity index (χ4n) is 4.77. The minimum absolute atomic E-state index is 0.0461. The molecule has 5 rings (SSSR count). The average molecular weight is 389 g/mol. The van der Waals surface area contributed by atoms with E-state index in [1.165, 1.54) is 18.9 Å². The van der Waals surface area contributed by atoms with Gasteiger partial charge in [0.2, 0.25) is 5.65 Å². The highest BCUT2D eigenvalue weighted by molar-refractivity contribution is 5.79. The standard InChI is InChI=1S/C22H23N5O2/c1-13-9-14(11-23)10-18(28)20(13)16-3-4-19-21(24-16)25-22(29-19)27-8-6-15-5-7-26(2)12-17(15)27/h3-4,9-10,15,17,28H,5-8,12H2,1-2H3. The van der Waals surface area contributed by atoms with Gasteiger partial charge in [-0.2, -0.15) is 10.2 Å². The zero-order valence-corrected chi connectivity index (χ0v) is 16.6. The van der Waals surface area contributed by atoms with Gasteiger partial charge < -0.3 is 19.3 Å². The van der Waals surface area contributed by atoms with E-state index >= 15 is 0 Å². The van der Waals surface area contributed by atoms with E-state index in [2.05, 4.69) is 32.9 Å². The molecule has 0 saturated carbocycles. The van der Waals surface area contributed by atoms with Crippen LogP contribution in [-0.4, -0.2) is 52.7 Å². The summed E-state index contributed by atoms with van der Waals surface area (Å²) in [7, 11) is 2.17. The van der Waals surface area contributed by atoms with Crippen molar-refractivity contribution in [1.82, 2.24) is 14.9 Å². The Kier molecular flexibility index (Phi) is 4.18. The molecule has 148 valence electrons. The summed E-state index contributed by atoms with van der Waals surface area (Å²) in [6.45, 7) is 5.00. The lowest BCUT2D eigenvalue weighted by Crippen LogP contribution is -2.46. The van der Waals surface area contributed by atoms with Gasteiger partial charge in [-0.25, -0.2) is 4.98 Å². The summed E-state index contributed by atoms with van der Waals surface area (Å²) < 4.78 is 6.05. The summed E-state index contributed by atoms with van der Waals surface area (Å²) in [5.74, 6) is 0.743. The first-order chi connectivity index (χ1) is 14.0. The Balaban J connectivity index is 1.51. The van der Waals surface area contributed by atoms with Crippen LogP contribution < -0.4 is 4.90 Å². The number of aromatic hydroxyl groups is 1. The summed E-state index contributed by atoms with van der Waals surface area (Å²) in [6.07, 6.45) is 2.39. The number of pyridine rings is 1. The van der Waals surface area contributed by atoms with Crippen LogP contribution in [0.1, 0.15) is 24.0 Å². The summed E-state index contributed by atoms with van der Waals surface area (Å²) in [5, 5.41) is 19.5. The number of phenolic OH excluding ortho intramolecular Hbond substituents is 1. The number of piperidine rings is 1. The SMILES string of the molecule is Cc1cc(C#N)cc(O)c1-c1ccc2oc(N3CCC4CCN(C)CC43)nc2n1. The third-order valence-electron chi connectivity index (χ3n) is 6.25. The summed E-state index contributed by atoms with van der Waals surface area (Å²) in [4.78, 5) is 14.0. The van der Waals surface area contributed by atoms with E-state index in [9.17, 15) is 5.11 Å². The molecule has 2 saturated heterocycles. The number of likely N-dealkylation sites (N-methyl/N-ethyl adjacent to an activating group) is 1. The van der Waals surface area contributed by atoms with Crippen LogP contribution in [0.2, 0.25) is 0 Å². The van der Waals surface area contributed by atoms with E-state index in [-0.39, 0.29) is 5.75 Å². The van der Waals surface area contributed by atoms with E-state index in [1.54, 1.807) is 6.07 Å². The number of hydrogen-bond donors (Lipinski definition) is 1. The maximum Gasteiger partial charge on any atom is 0.300 e. The summed E-state index contributed by atoms with van der Waals surface area (Å²) in [5.41, 5.74) is 3.63. The first-order valence-electron chi connectivity index (χ1n) is 10.0. The molecular weight excluding hydrogens is 366 g/mol. The Bertz CT molecular complexity index is 1110. The van der Waals surface area contributed by atoms with E-state index in [1.807, 2.05) is 19.1 Å². The van der Waals surface area contributed by atoms with Gasteiger partial charge in [0.15, 0.2) is 5.58 Å². The summed E-state index contributed by atoms with van der Waals surface area (Å²) >= 11 is 0. The number of benzene rings is 1. The lowest BCUT2D eigenvalue weighted by atomic mass is 9.93. The Labute approximate surface area is 169 Å². The molecule has 3 aromatic rings. The molecule has 1 aromatic carbocycles. The van der Waals surface area contributed by atoms with Gasteiger partial charge in [-0.15, -0.1) is 0 Å². The monoisotopic (exact) mass is 389 g/mol. The zero-order valence-electron chi connectivity index (χ0n) is 16.6. The second kappa shape index (κ2) is 6.75. The molecule has 2 aliphatic heterocycles. The second-order valence-electron chi connectivity index (χ2n) is 8.17. The molecular formula is C22H23N5O2. The van der Waals surface area contributed by atoms with Crippen LogP contribution >= 0.6 is 0 Å². The number of nitriles is 1. The third-order valence-corrected chi connectivity index (χ3v) is 6.25. The number of anilines is 1. The van der Waals surface area contributed by atoms with E-state index in [4.69, 9.17) is 9.68 Å². The molecule has 2 unspecified atom stereocenters. The predicted octanol–water partition coefficient (Wildman–Crippen LogP) is 3.31. The molecule has 2 fully saturated rings. The van der Waals surface area contributed by atoms with Gasteiger partial charge in [-0.3, -0.25) is 0 Å². The van der Waals surface area contributed by atoms with Crippen LogP contribution in [-0.2, 0) is 0 Å². The Morgan fingerprint density at radius 1 is 1.21 bits per heavy atom. The van der Waals surface area contributed by atoms with Crippen molar-refractivity contribution in [2.75, 3.05) is 31.6 Å². The van der Waals surface area contributed by atoms with E-state index in [0.717, 1.165) is 25.2 Å². The minimum Gasteiger partial charge on any atom is -0.507 e. The summed E-state index contributed by atoms with van der Waals surface area (Å²) in [6, 6.07) is 10.0. The first-order valence-corrected chi connectivity index (χ1v) is 10.0. The molecule has 0 spiro atoms. The maximum absolute atomic E-state index is 10.4. The van der Waals surface area contributed by atoms with Crippen LogP contribution in [0, 0.1) is 24.2 Å². The lowest BCUT2D eigenvalue weighted by Gasteiger charge is -2.35. The largest absolute Gasteiger partial charge is 0.507 e. The normalized spacial score (nSPS) is 22.0. The van der Waals surface area contributed by atoms with Crippen molar-refractivity contribution in [3.8, 4) is 23.1 Å². The number of phenols is 1. The topological polar surface area (TPSA) is 89.4 Å². The molecule has 7 heteroatoms. The second-order valence-corrected chi connectivity index (χ2v) is 8.17. The average Bonchev–Trinajstić information content (AvgIpc) is 3.30. The highest BCUT2D eigenvalue weighted by atomic mass is 16.4. The van der Waals surface area contributed by atoms with Crippen LogP contribution in [0.4, 0.5) is 6.01 Å². The zero-order chi connectivity index (χ0) is 20.1. The van der Waals surface area contributed by atoms with Crippen molar-refractivity contribution in [3.05, 3.63) is 35.4 Å². The number of likely N-dealkylation sites (tertiary alicyclic amines) is 1. The Morgan fingerprint density at radius 3 is 2.83 bits per heavy atom. The van der Waals surface area contributed by atoms with Crippen molar-refractivity contribution in [2.24, 2.45) is 5.92 Å². The minimum atomic E-state index is 0.0461. The Morgan fingerprint density at radius 2 is 2.03 bits per heavy atom. The van der Waals surface area contributed by atoms with Crippen LogP contribution in [0.5, 0.6) is 5.75 Å². The quantitative estimate of drug-likeness (QED) is 0.719. The molecule has 2 aliphatic rings.